The quantitative estimate of drug-likeness (QED) is 0.657. The predicted octanol–water partition coefficient (Wildman–Crippen LogP) is 4.94. The van der Waals surface area contributed by atoms with Gasteiger partial charge in [-0.25, -0.2) is 4.68 Å². The lowest BCUT2D eigenvalue weighted by atomic mass is 10.3. The van der Waals surface area contributed by atoms with Crippen LogP contribution in [0.2, 0.25) is 5.02 Å². The summed E-state index contributed by atoms with van der Waals surface area (Å²) in [5.41, 5.74) is 1.95. The first-order valence-corrected chi connectivity index (χ1v) is 8.18. The van der Waals surface area contributed by atoms with Gasteiger partial charge >= 0.3 is 0 Å². The molecule has 0 bridgehead atoms. The van der Waals surface area contributed by atoms with Crippen LogP contribution < -0.4 is 10.3 Å². The lowest BCUT2D eigenvalue weighted by molar-refractivity contribution is 0.340. The number of nitrogens with one attached hydrogen (secondary N) is 1. The Balaban J connectivity index is 1.88. The third kappa shape index (κ3) is 3.80. The van der Waals surface area contributed by atoms with Crippen LogP contribution >= 0.6 is 11.6 Å². The van der Waals surface area contributed by atoms with E-state index in [1.165, 1.54) is 4.68 Å². The van der Waals surface area contributed by atoms with E-state index >= 15 is 0 Å². The van der Waals surface area contributed by atoms with Crippen LogP contribution in [-0.2, 0) is 0 Å². The fraction of sp³-hybridized carbons (Fsp3) is 0.167. The minimum atomic E-state index is -0.269. The number of rotatable bonds is 5. The molecule has 128 valence electrons. The third-order valence-corrected chi connectivity index (χ3v) is 3.79. The average Bonchev–Trinajstić information content (AvgIpc) is 2.90. The molecular weight excluding hydrogens is 340 g/mol. The van der Waals surface area contributed by atoms with Gasteiger partial charge < -0.3 is 4.74 Å². The van der Waals surface area contributed by atoms with Gasteiger partial charge in [-0.1, -0.05) is 11.6 Å². The molecule has 1 N–H and O–H groups in total. The predicted molar refractivity (Wildman–Crippen MR) is 97.9 cm³/mol. The SMILES string of the molecule is CCOc1ccc(N=Nc2c(C)[nH]n(-c3ccc(Cl)cc3)c2=O)cc1. The van der Waals surface area contributed by atoms with Crippen molar-refractivity contribution in [2.24, 2.45) is 10.2 Å². The average molecular weight is 357 g/mol. The van der Waals surface area contributed by atoms with Crippen LogP contribution in [0.4, 0.5) is 11.4 Å². The molecule has 1 heterocycles. The van der Waals surface area contributed by atoms with Crippen molar-refractivity contribution in [3.8, 4) is 11.4 Å². The molecule has 0 aliphatic rings. The Morgan fingerprint density at radius 2 is 1.76 bits per heavy atom. The Morgan fingerprint density at radius 1 is 1.08 bits per heavy atom. The monoisotopic (exact) mass is 356 g/mol. The standard InChI is InChI=1S/C18H17ClN4O2/c1-3-25-16-10-6-14(7-11-16)20-21-17-12(2)22-23(18(17)24)15-8-4-13(19)5-9-15/h4-11,22H,3H2,1-2H3. The molecule has 3 rings (SSSR count). The van der Waals surface area contributed by atoms with Crippen molar-refractivity contribution in [2.45, 2.75) is 13.8 Å². The summed E-state index contributed by atoms with van der Waals surface area (Å²) in [5.74, 6) is 0.768. The van der Waals surface area contributed by atoms with Crippen molar-refractivity contribution in [3.05, 3.63) is 69.6 Å². The van der Waals surface area contributed by atoms with Gasteiger partial charge in [0, 0.05) is 5.02 Å². The third-order valence-electron chi connectivity index (χ3n) is 3.54. The number of ether oxygens (including phenoxy) is 1. The first-order chi connectivity index (χ1) is 12.1. The van der Waals surface area contributed by atoms with Gasteiger partial charge in [-0.3, -0.25) is 9.89 Å². The van der Waals surface area contributed by atoms with Gasteiger partial charge in [0.05, 0.1) is 23.7 Å². The number of azo groups is 1. The zero-order chi connectivity index (χ0) is 17.8. The Bertz CT molecular complexity index is 941. The Hall–Kier alpha value is -2.86. The first-order valence-electron chi connectivity index (χ1n) is 7.80. The molecular formula is C18H17ClN4O2. The molecule has 2 aromatic carbocycles. The topological polar surface area (TPSA) is 71.7 Å². The second-order valence-electron chi connectivity index (χ2n) is 5.33. The molecule has 25 heavy (non-hydrogen) atoms. The van der Waals surface area contributed by atoms with E-state index in [2.05, 4.69) is 15.3 Å². The Kier molecular flexibility index (Phi) is 5.00. The highest BCUT2D eigenvalue weighted by Crippen LogP contribution is 2.22. The van der Waals surface area contributed by atoms with Gasteiger partial charge in [-0.15, -0.1) is 5.11 Å². The van der Waals surface area contributed by atoms with E-state index in [1.54, 1.807) is 43.3 Å². The Labute approximate surface area is 149 Å². The van der Waals surface area contributed by atoms with Gasteiger partial charge in [0.15, 0.2) is 5.69 Å². The van der Waals surface area contributed by atoms with E-state index in [9.17, 15) is 4.79 Å². The molecule has 0 amide bonds. The van der Waals surface area contributed by atoms with Crippen molar-refractivity contribution in [2.75, 3.05) is 6.61 Å². The number of benzene rings is 2. The molecule has 0 unspecified atom stereocenters. The van der Waals surface area contributed by atoms with Crippen molar-refractivity contribution in [1.82, 2.24) is 9.78 Å². The molecule has 0 aliphatic heterocycles. The molecule has 0 aliphatic carbocycles. The van der Waals surface area contributed by atoms with Gasteiger partial charge in [0.2, 0.25) is 0 Å². The minimum absolute atomic E-state index is 0.267. The van der Waals surface area contributed by atoms with Crippen LogP contribution in [0, 0.1) is 6.92 Å². The number of hydrogen-bond acceptors (Lipinski definition) is 4. The van der Waals surface area contributed by atoms with Crippen LogP contribution in [0.1, 0.15) is 12.6 Å². The summed E-state index contributed by atoms with van der Waals surface area (Å²) in [6.45, 7) is 4.31. The highest BCUT2D eigenvalue weighted by molar-refractivity contribution is 6.30. The van der Waals surface area contributed by atoms with Crippen molar-refractivity contribution < 1.29 is 4.74 Å². The molecule has 0 radical (unpaired) electrons. The summed E-state index contributed by atoms with van der Waals surface area (Å²) < 4.78 is 6.80. The molecule has 0 saturated heterocycles. The van der Waals surface area contributed by atoms with E-state index in [-0.39, 0.29) is 11.2 Å². The maximum absolute atomic E-state index is 12.6. The van der Waals surface area contributed by atoms with E-state index in [0.717, 1.165) is 5.75 Å². The maximum atomic E-state index is 12.6. The smallest absolute Gasteiger partial charge is 0.299 e. The fourth-order valence-corrected chi connectivity index (χ4v) is 2.44. The molecule has 3 aromatic rings. The minimum Gasteiger partial charge on any atom is -0.494 e. The highest BCUT2D eigenvalue weighted by atomic mass is 35.5. The molecule has 0 saturated carbocycles. The van der Waals surface area contributed by atoms with Crippen LogP contribution in [-0.4, -0.2) is 16.4 Å². The Morgan fingerprint density at radius 3 is 2.40 bits per heavy atom. The van der Waals surface area contributed by atoms with E-state index in [0.29, 0.717) is 28.7 Å². The van der Waals surface area contributed by atoms with Gasteiger partial charge in [0.25, 0.3) is 5.56 Å². The number of aromatic amines is 1. The van der Waals surface area contributed by atoms with Gasteiger partial charge in [-0.2, -0.15) is 5.11 Å². The second-order valence-corrected chi connectivity index (χ2v) is 5.77. The van der Waals surface area contributed by atoms with Crippen molar-refractivity contribution in [3.63, 3.8) is 0 Å². The van der Waals surface area contributed by atoms with Crippen molar-refractivity contribution >= 4 is 23.0 Å². The number of H-pyrrole nitrogens is 1. The van der Waals surface area contributed by atoms with Crippen molar-refractivity contribution in [1.29, 1.82) is 0 Å². The summed E-state index contributed by atoms with van der Waals surface area (Å²) >= 11 is 5.88. The normalized spacial score (nSPS) is 11.2. The lowest BCUT2D eigenvalue weighted by Crippen LogP contribution is -2.13. The molecule has 6 nitrogen and oxygen atoms in total. The largest absolute Gasteiger partial charge is 0.494 e. The summed E-state index contributed by atoms with van der Waals surface area (Å²) in [6.07, 6.45) is 0. The van der Waals surface area contributed by atoms with Crippen LogP contribution in [0.15, 0.2) is 63.6 Å². The number of nitrogens with zero attached hydrogens (tertiary/aromatic N) is 3. The molecule has 0 fully saturated rings. The summed E-state index contributed by atoms with van der Waals surface area (Å²) in [4.78, 5) is 12.6. The molecule has 7 heteroatoms. The summed E-state index contributed by atoms with van der Waals surface area (Å²) in [7, 11) is 0. The zero-order valence-corrected chi connectivity index (χ0v) is 14.6. The highest BCUT2D eigenvalue weighted by Gasteiger charge is 2.12. The summed E-state index contributed by atoms with van der Waals surface area (Å²) in [5, 5.41) is 11.8. The van der Waals surface area contributed by atoms with Gasteiger partial charge in [0.1, 0.15) is 5.75 Å². The van der Waals surface area contributed by atoms with E-state index < -0.39 is 0 Å². The maximum Gasteiger partial charge on any atom is 0.299 e. The number of hydrogen-bond donors (Lipinski definition) is 1. The van der Waals surface area contributed by atoms with Crippen LogP contribution in [0.25, 0.3) is 5.69 Å². The van der Waals surface area contributed by atoms with Crippen LogP contribution in [0.5, 0.6) is 5.75 Å². The molecule has 1 aromatic heterocycles. The summed E-state index contributed by atoms with van der Waals surface area (Å²) in [6, 6.07) is 14.2. The second kappa shape index (κ2) is 7.36. The lowest BCUT2D eigenvalue weighted by Gasteiger charge is -2.01. The number of halogens is 1. The van der Waals surface area contributed by atoms with E-state index in [4.69, 9.17) is 16.3 Å². The first kappa shape index (κ1) is 17.0. The fourth-order valence-electron chi connectivity index (χ4n) is 2.31. The zero-order valence-electron chi connectivity index (χ0n) is 13.9. The van der Waals surface area contributed by atoms with Gasteiger partial charge in [-0.05, 0) is 62.4 Å². The van der Waals surface area contributed by atoms with E-state index in [1.807, 2.05) is 19.1 Å². The number of aromatic nitrogens is 2. The molecule has 0 spiro atoms. The number of aryl methyl sites for hydroxylation is 1. The molecule has 0 atom stereocenters. The van der Waals surface area contributed by atoms with Crippen LogP contribution in [0.3, 0.4) is 0 Å².